The SMILES string of the molecule is COc1cc(OC)c(NC(=S)Nc2ccc(NC(=O)c3cccc(OCc4ccccc4)c3)cc2)cc1Cl. The second-order valence-corrected chi connectivity index (χ2v) is 8.92. The van der Waals surface area contributed by atoms with Gasteiger partial charge in [-0.25, -0.2) is 0 Å². The molecular weight excluding hydrogens is 522 g/mol. The monoisotopic (exact) mass is 547 g/mol. The quantitative estimate of drug-likeness (QED) is 0.195. The minimum absolute atomic E-state index is 0.239. The van der Waals surface area contributed by atoms with Gasteiger partial charge in [0.25, 0.3) is 5.91 Å². The van der Waals surface area contributed by atoms with E-state index in [1.807, 2.05) is 36.4 Å². The third-order valence-corrected chi connectivity index (χ3v) is 5.97. The molecule has 0 radical (unpaired) electrons. The Morgan fingerprint density at radius 1 is 0.789 bits per heavy atom. The van der Waals surface area contributed by atoms with Crippen molar-refractivity contribution in [2.24, 2.45) is 0 Å². The molecule has 7 nitrogen and oxygen atoms in total. The summed E-state index contributed by atoms with van der Waals surface area (Å²) in [5.41, 5.74) is 3.51. The smallest absolute Gasteiger partial charge is 0.255 e. The second kappa shape index (κ2) is 12.8. The molecule has 1 amide bonds. The van der Waals surface area contributed by atoms with Crippen LogP contribution in [0, 0.1) is 0 Å². The average molecular weight is 548 g/mol. The molecule has 38 heavy (non-hydrogen) atoms. The molecular formula is C29H26ClN3O4S. The lowest BCUT2D eigenvalue weighted by atomic mass is 10.2. The number of benzene rings is 4. The van der Waals surface area contributed by atoms with Gasteiger partial charge in [0.05, 0.1) is 24.9 Å². The maximum Gasteiger partial charge on any atom is 0.255 e. The van der Waals surface area contributed by atoms with E-state index in [0.29, 0.717) is 50.9 Å². The third kappa shape index (κ3) is 7.15. The average Bonchev–Trinajstić information content (AvgIpc) is 2.94. The number of anilines is 3. The first-order valence-electron chi connectivity index (χ1n) is 11.6. The van der Waals surface area contributed by atoms with Gasteiger partial charge in [0, 0.05) is 23.0 Å². The highest BCUT2D eigenvalue weighted by atomic mass is 35.5. The molecule has 4 aromatic carbocycles. The van der Waals surface area contributed by atoms with Crippen molar-refractivity contribution < 1.29 is 19.0 Å². The van der Waals surface area contributed by atoms with E-state index in [9.17, 15) is 4.79 Å². The summed E-state index contributed by atoms with van der Waals surface area (Å²) < 4.78 is 16.4. The van der Waals surface area contributed by atoms with E-state index in [4.69, 9.17) is 38.0 Å². The number of hydrogen-bond acceptors (Lipinski definition) is 5. The van der Waals surface area contributed by atoms with Crippen molar-refractivity contribution in [3.05, 3.63) is 107 Å². The van der Waals surface area contributed by atoms with Crippen molar-refractivity contribution in [1.82, 2.24) is 0 Å². The Labute approximate surface area is 231 Å². The van der Waals surface area contributed by atoms with Crippen LogP contribution in [0.25, 0.3) is 0 Å². The van der Waals surface area contributed by atoms with Gasteiger partial charge in [-0.2, -0.15) is 0 Å². The summed E-state index contributed by atoms with van der Waals surface area (Å²) in [7, 11) is 3.08. The van der Waals surface area contributed by atoms with Crippen molar-refractivity contribution in [2.45, 2.75) is 6.61 Å². The molecule has 0 bridgehead atoms. The summed E-state index contributed by atoms with van der Waals surface area (Å²) in [4.78, 5) is 12.8. The van der Waals surface area contributed by atoms with Crippen molar-refractivity contribution in [2.75, 3.05) is 30.2 Å². The van der Waals surface area contributed by atoms with Gasteiger partial charge in [-0.3, -0.25) is 4.79 Å². The van der Waals surface area contributed by atoms with Gasteiger partial charge in [-0.15, -0.1) is 0 Å². The van der Waals surface area contributed by atoms with E-state index >= 15 is 0 Å². The van der Waals surface area contributed by atoms with E-state index in [1.165, 1.54) is 7.11 Å². The summed E-state index contributed by atoms with van der Waals surface area (Å²) in [6, 6.07) is 27.5. The van der Waals surface area contributed by atoms with Gasteiger partial charge >= 0.3 is 0 Å². The van der Waals surface area contributed by atoms with E-state index in [0.717, 1.165) is 11.3 Å². The molecule has 0 saturated heterocycles. The first-order valence-corrected chi connectivity index (χ1v) is 12.4. The molecule has 9 heteroatoms. The van der Waals surface area contributed by atoms with Gasteiger partial charge < -0.3 is 30.2 Å². The van der Waals surface area contributed by atoms with Crippen LogP contribution in [0.1, 0.15) is 15.9 Å². The topological polar surface area (TPSA) is 80.9 Å². The molecule has 0 aliphatic heterocycles. The summed E-state index contributed by atoms with van der Waals surface area (Å²) in [5, 5.41) is 9.83. The Bertz CT molecular complexity index is 1420. The fraction of sp³-hybridized carbons (Fsp3) is 0.103. The summed E-state index contributed by atoms with van der Waals surface area (Å²) in [5.74, 6) is 1.41. The summed E-state index contributed by atoms with van der Waals surface area (Å²) in [6.45, 7) is 0.426. The van der Waals surface area contributed by atoms with Crippen LogP contribution in [0.2, 0.25) is 5.02 Å². The van der Waals surface area contributed by atoms with Crippen LogP contribution in [-0.2, 0) is 6.61 Å². The van der Waals surface area contributed by atoms with Gasteiger partial charge in [0.2, 0.25) is 0 Å². The standard InChI is InChI=1S/C29H26ClN3O4S/c1-35-26-17-27(36-2)25(16-24(26)30)33-29(38)32-22-13-11-21(12-14-22)31-28(34)20-9-6-10-23(15-20)37-18-19-7-4-3-5-8-19/h3-17H,18H2,1-2H3,(H,31,34)(H2,32,33,38). The largest absolute Gasteiger partial charge is 0.495 e. The minimum Gasteiger partial charge on any atom is -0.495 e. The number of ether oxygens (including phenoxy) is 3. The van der Waals surface area contributed by atoms with Gasteiger partial charge in [0.1, 0.15) is 23.9 Å². The maximum atomic E-state index is 12.8. The van der Waals surface area contributed by atoms with Crippen molar-refractivity contribution >= 4 is 51.9 Å². The molecule has 0 aromatic heterocycles. The van der Waals surface area contributed by atoms with Crippen LogP contribution in [0.4, 0.5) is 17.1 Å². The maximum absolute atomic E-state index is 12.8. The number of carbonyl (C=O) groups is 1. The number of rotatable bonds is 9. The molecule has 0 aliphatic rings. The highest BCUT2D eigenvalue weighted by molar-refractivity contribution is 7.80. The second-order valence-electron chi connectivity index (χ2n) is 8.10. The molecule has 3 N–H and O–H groups in total. The number of carbonyl (C=O) groups excluding carboxylic acids is 1. The zero-order valence-corrected chi connectivity index (χ0v) is 22.4. The Morgan fingerprint density at radius 3 is 2.16 bits per heavy atom. The predicted octanol–water partition coefficient (Wildman–Crippen LogP) is 7.00. The van der Waals surface area contributed by atoms with Gasteiger partial charge in [0.15, 0.2) is 5.11 Å². The first-order chi connectivity index (χ1) is 18.4. The van der Waals surface area contributed by atoms with Crippen LogP contribution >= 0.6 is 23.8 Å². The molecule has 0 fully saturated rings. The molecule has 0 unspecified atom stereocenters. The zero-order valence-electron chi connectivity index (χ0n) is 20.8. The number of nitrogens with one attached hydrogen (secondary N) is 3. The number of halogens is 1. The van der Waals surface area contributed by atoms with Crippen molar-refractivity contribution in [1.29, 1.82) is 0 Å². The Morgan fingerprint density at radius 2 is 1.47 bits per heavy atom. The fourth-order valence-corrected chi connectivity index (χ4v) is 4.02. The molecule has 194 valence electrons. The van der Waals surface area contributed by atoms with Crippen LogP contribution in [0.5, 0.6) is 17.2 Å². The Kier molecular flexibility index (Phi) is 9.02. The lowest BCUT2D eigenvalue weighted by molar-refractivity contribution is 0.102. The van der Waals surface area contributed by atoms with Crippen LogP contribution in [0.3, 0.4) is 0 Å². The number of amides is 1. The van der Waals surface area contributed by atoms with Crippen molar-refractivity contribution in [3.8, 4) is 17.2 Å². The summed E-state index contributed by atoms with van der Waals surface area (Å²) >= 11 is 11.7. The zero-order chi connectivity index (χ0) is 26.9. The fourth-order valence-electron chi connectivity index (χ4n) is 3.55. The number of methoxy groups -OCH3 is 2. The molecule has 0 heterocycles. The van der Waals surface area contributed by atoms with Gasteiger partial charge in [-0.1, -0.05) is 48.0 Å². The van der Waals surface area contributed by atoms with E-state index in [1.54, 1.807) is 61.7 Å². The molecule has 4 rings (SSSR count). The third-order valence-electron chi connectivity index (χ3n) is 5.47. The first kappa shape index (κ1) is 26.8. The molecule has 0 saturated carbocycles. The normalized spacial score (nSPS) is 10.3. The molecule has 0 spiro atoms. The summed E-state index contributed by atoms with van der Waals surface area (Å²) in [6.07, 6.45) is 0. The number of thiocarbonyl (C=S) groups is 1. The van der Waals surface area contributed by atoms with Crippen LogP contribution in [-0.4, -0.2) is 25.2 Å². The van der Waals surface area contributed by atoms with E-state index in [-0.39, 0.29) is 5.91 Å². The highest BCUT2D eigenvalue weighted by Gasteiger charge is 2.12. The van der Waals surface area contributed by atoms with Crippen LogP contribution in [0.15, 0.2) is 91.0 Å². The minimum atomic E-state index is -0.239. The van der Waals surface area contributed by atoms with E-state index in [2.05, 4.69) is 16.0 Å². The predicted molar refractivity (Wildman–Crippen MR) is 156 cm³/mol. The molecule has 0 atom stereocenters. The highest BCUT2D eigenvalue weighted by Crippen LogP contribution is 2.36. The lowest BCUT2D eigenvalue weighted by Gasteiger charge is -2.15. The Balaban J connectivity index is 1.33. The molecule has 4 aromatic rings. The number of hydrogen-bond donors (Lipinski definition) is 3. The lowest BCUT2D eigenvalue weighted by Crippen LogP contribution is -2.19. The van der Waals surface area contributed by atoms with Crippen LogP contribution < -0.4 is 30.2 Å². The van der Waals surface area contributed by atoms with E-state index < -0.39 is 0 Å². The van der Waals surface area contributed by atoms with Crippen molar-refractivity contribution in [3.63, 3.8) is 0 Å². The van der Waals surface area contributed by atoms with Gasteiger partial charge in [-0.05, 0) is 66.3 Å². The molecule has 0 aliphatic carbocycles. The Hall–Kier alpha value is -4.27.